The second-order valence-electron chi connectivity index (χ2n) is 7.76. The molecule has 1 heterocycles. The van der Waals surface area contributed by atoms with E-state index in [0.29, 0.717) is 47.2 Å². The minimum absolute atomic E-state index is 0.176. The molecule has 0 aliphatic heterocycles. The molecule has 0 saturated heterocycles. The van der Waals surface area contributed by atoms with E-state index in [1.165, 1.54) is 18.2 Å². The van der Waals surface area contributed by atoms with E-state index in [0.717, 1.165) is 6.07 Å². The summed E-state index contributed by atoms with van der Waals surface area (Å²) >= 11 is 0. The molecule has 170 valence electrons. The van der Waals surface area contributed by atoms with E-state index in [4.69, 9.17) is 0 Å². The third-order valence-electron chi connectivity index (χ3n) is 5.55. The Bertz CT molecular complexity index is 1080. The van der Waals surface area contributed by atoms with Crippen LogP contribution in [0.25, 0.3) is 22.2 Å². The van der Waals surface area contributed by atoms with Crippen LogP contribution in [0.5, 0.6) is 0 Å². The maximum atomic E-state index is 14.4. The zero-order chi connectivity index (χ0) is 23.3. The summed E-state index contributed by atoms with van der Waals surface area (Å²) < 4.78 is 54.8. The smallest absolute Gasteiger partial charge is 0.150 e. The molecule has 2 aromatic carbocycles. The molecule has 0 aliphatic carbocycles. The zero-order valence-electron chi connectivity index (χ0n) is 18.0. The average Bonchev–Trinajstić information content (AvgIpc) is 3.14. The van der Waals surface area contributed by atoms with Crippen molar-refractivity contribution in [1.82, 2.24) is 15.6 Å². The lowest BCUT2D eigenvalue weighted by Crippen LogP contribution is -2.37. The summed E-state index contributed by atoms with van der Waals surface area (Å²) in [7, 11) is 1.70. The van der Waals surface area contributed by atoms with E-state index >= 15 is 0 Å². The first-order valence-corrected chi connectivity index (χ1v) is 10.4. The third kappa shape index (κ3) is 5.40. The normalized spacial score (nSPS) is 13.2. The van der Waals surface area contributed by atoms with Gasteiger partial charge in [-0.15, -0.1) is 6.58 Å². The van der Waals surface area contributed by atoms with Gasteiger partial charge in [-0.25, -0.2) is 17.6 Å². The van der Waals surface area contributed by atoms with Gasteiger partial charge in [-0.3, -0.25) is 0 Å². The summed E-state index contributed by atoms with van der Waals surface area (Å²) in [5.74, 6) is -1.75. The first kappa shape index (κ1) is 23.6. The number of aryl methyl sites for hydroxylation is 1. The van der Waals surface area contributed by atoms with E-state index < -0.39 is 18.3 Å². The molecule has 7 heteroatoms. The quantitative estimate of drug-likeness (QED) is 0.258. The van der Waals surface area contributed by atoms with Crippen molar-refractivity contribution in [1.29, 1.82) is 0 Å². The summed E-state index contributed by atoms with van der Waals surface area (Å²) in [6.45, 7) is 7.35. The Hall–Kier alpha value is -3.06. The number of aromatic amines is 1. The number of hydrogen-bond donors (Lipinski definition) is 3. The van der Waals surface area contributed by atoms with Crippen LogP contribution < -0.4 is 10.6 Å². The summed E-state index contributed by atoms with van der Waals surface area (Å²) in [5.41, 5.74) is 2.87. The highest BCUT2D eigenvalue weighted by Gasteiger charge is 2.18. The molecule has 0 amide bonds. The van der Waals surface area contributed by atoms with Gasteiger partial charge >= 0.3 is 0 Å². The van der Waals surface area contributed by atoms with Gasteiger partial charge in [0.25, 0.3) is 0 Å². The van der Waals surface area contributed by atoms with Gasteiger partial charge in [0.2, 0.25) is 0 Å². The highest BCUT2D eigenvalue weighted by atomic mass is 19.1. The monoisotopic (exact) mass is 445 g/mol. The Morgan fingerprint density at radius 2 is 1.84 bits per heavy atom. The molecular weight excluding hydrogens is 418 g/mol. The molecule has 0 fully saturated rings. The molecular formula is C25H27F4N3. The molecule has 3 nitrogen and oxygen atoms in total. The number of fused-ring (bicyclic) bond motifs is 1. The van der Waals surface area contributed by atoms with Gasteiger partial charge < -0.3 is 15.6 Å². The largest absolute Gasteiger partial charge is 0.383 e. The van der Waals surface area contributed by atoms with Crippen molar-refractivity contribution < 1.29 is 17.6 Å². The standard InChI is InChI=1S/C25H27F4N3/c1-4-19(13-20(14-26)30-3)31-15(2)5-10-21-22-11-18(28)12-23(29)25(22)32-24(21)16-6-8-17(27)9-7-16/h4,6-9,11-12,19-20,30-32H,1-2,5,10,13-14H2,3H3. The number of hydrogen-bond acceptors (Lipinski definition) is 2. The van der Waals surface area contributed by atoms with Crippen molar-refractivity contribution in [2.24, 2.45) is 0 Å². The van der Waals surface area contributed by atoms with Crippen molar-refractivity contribution in [3.05, 3.63) is 84.3 Å². The number of allylic oxidation sites excluding steroid dienone is 1. The molecule has 0 aliphatic rings. The number of benzene rings is 2. The number of alkyl halides is 1. The van der Waals surface area contributed by atoms with Crippen molar-refractivity contribution in [2.45, 2.75) is 31.3 Å². The van der Waals surface area contributed by atoms with Crippen molar-refractivity contribution in [3.63, 3.8) is 0 Å². The minimum atomic E-state index is -0.692. The van der Waals surface area contributed by atoms with Gasteiger partial charge in [0.15, 0.2) is 0 Å². The third-order valence-corrected chi connectivity index (χ3v) is 5.55. The molecule has 32 heavy (non-hydrogen) atoms. The van der Waals surface area contributed by atoms with Gasteiger partial charge in [0.1, 0.15) is 24.1 Å². The average molecular weight is 446 g/mol. The van der Waals surface area contributed by atoms with Crippen molar-refractivity contribution in [3.8, 4) is 11.3 Å². The first-order valence-electron chi connectivity index (χ1n) is 10.4. The molecule has 2 unspecified atom stereocenters. The Morgan fingerprint density at radius 1 is 1.12 bits per heavy atom. The molecule has 0 bridgehead atoms. The fourth-order valence-corrected chi connectivity index (χ4v) is 3.79. The molecule has 0 saturated carbocycles. The summed E-state index contributed by atoms with van der Waals surface area (Å²) in [5, 5.41) is 6.58. The van der Waals surface area contributed by atoms with E-state index in [2.05, 4.69) is 28.8 Å². The van der Waals surface area contributed by atoms with Crippen LogP contribution in [0.1, 0.15) is 18.4 Å². The Kier molecular flexibility index (Phi) is 7.75. The maximum absolute atomic E-state index is 14.4. The van der Waals surface area contributed by atoms with Crippen molar-refractivity contribution in [2.75, 3.05) is 13.7 Å². The lowest BCUT2D eigenvalue weighted by Gasteiger charge is -2.22. The van der Waals surface area contributed by atoms with Gasteiger partial charge in [-0.1, -0.05) is 12.7 Å². The number of halogens is 4. The zero-order valence-corrected chi connectivity index (χ0v) is 18.0. The highest BCUT2D eigenvalue weighted by molar-refractivity contribution is 5.91. The second-order valence-corrected chi connectivity index (χ2v) is 7.76. The first-order chi connectivity index (χ1) is 15.4. The van der Waals surface area contributed by atoms with E-state index in [1.807, 2.05) is 0 Å². The minimum Gasteiger partial charge on any atom is -0.383 e. The molecule has 3 aromatic rings. The molecule has 2 atom stereocenters. The van der Waals surface area contributed by atoms with Crippen LogP contribution in [0, 0.1) is 17.5 Å². The SMILES string of the molecule is C=CC(CC(CF)NC)NC(=C)CCc1c(-c2ccc(F)cc2)[nH]c2c(F)cc(F)cc12. The fourth-order valence-electron chi connectivity index (χ4n) is 3.79. The van der Waals surface area contributed by atoms with Gasteiger partial charge in [-0.05, 0) is 67.8 Å². The summed E-state index contributed by atoms with van der Waals surface area (Å²) in [6.07, 6.45) is 3.11. The second kappa shape index (κ2) is 10.5. The lowest BCUT2D eigenvalue weighted by atomic mass is 9.99. The van der Waals surface area contributed by atoms with Crippen LogP contribution in [0.2, 0.25) is 0 Å². The highest BCUT2D eigenvalue weighted by Crippen LogP contribution is 2.33. The number of H-pyrrole nitrogens is 1. The topological polar surface area (TPSA) is 39.8 Å². The van der Waals surface area contributed by atoms with Crippen LogP contribution >= 0.6 is 0 Å². The predicted octanol–water partition coefficient (Wildman–Crippen LogP) is 5.79. The number of nitrogens with one attached hydrogen (secondary N) is 3. The Balaban J connectivity index is 1.85. The number of aromatic nitrogens is 1. The van der Waals surface area contributed by atoms with Crippen LogP contribution in [0.15, 0.2) is 61.3 Å². The van der Waals surface area contributed by atoms with Crippen LogP contribution in [-0.4, -0.2) is 30.8 Å². The summed E-state index contributed by atoms with van der Waals surface area (Å²) in [4.78, 5) is 3.03. The summed E-state index contributed by atoms with van der Waals surface area (Å²) in [6, 6.07) is 7.46. The molecule has 0 spiro atoms. The van der Waals surface area contributed by atoms with E-state index in [9.17, 15) is 17.6 Å². The molecule has 0 radical (unpaired) electrons. The maximum Gasteiger partial charge on any atom is 0.150 e. The van der Waals surface area contributed by atoms with E-state index in [1.54, 1.807) is 25.3 Å². The van der Waals surface area contributed by atoms with Gasteiger partial charge in [0.05, 0.1) is 5.52 Å². The Labute approximate surface area is 185 Å². The molecule has 3 rings (SSSR count). The van der Waals surface area contributed by atoms with Crippen LogP contribution in [0.3, 0.4) is 0 Å². The fraction of sp³-hybridized carbons (Fsp3) is 0.280. The predicted molar refractivity (Wildman–Crippen MR) is 122 cm³/mol. The van der Waals surface area contributed by atoms with Crippen molar-refractivity contribution >= 4 is 10.9 Å². The number of rotatable bonds is 11. The molecule has 3 N–H and O–H groups in total. The van der Waals surface area contributed by atoms with Crippen LogP contribution in [-0.2, 0) is 6.42 Å². The van der Waals surface area contributed by atoms with Crippen LogP contribution in [0.4, 0.5) is 17.6 Å². The van der Waals surface area contributed by atoms with Gasteiger partial charge in [0, 0.05) is 34.9 Å². The Morgan fingerprint density at radius 3 is 2.47 bits per heavy atom. The van der Waals surface area contributed by atoms with E-state index in [-0.39, 0.29) is 23.4 Å². The lowest BCUT2D eigenvalue weighted by molar-refractivity contribution is 0.358. The van der Waals surface area contributed by atoms with Gasteiger partial charge in [-0.2, -0.15) is 0 Å². The molecule has 1 aromatic heterocycles.